The minimum absolute atomic E-state index is 0.256. The number of hydrogen-bond acceptors (Lipinski definition) is 4. The van der Waals surface area contributed by atoms with Crippen molar-refractivity contribution in [2.45, 2.75) is 12.0 Å². The van der Waals surface area contributed by atoms with Crippen molar-refractivity contribution in [3.8, 4) is 0 Å². The molecule has 5 heteroatoms. The zero-order valence-electron chi connectivity index (χ0n) is 8.23. The molecule has 0 aliphatic carbocycles. The molecule has 2 fully saturated rings. The van der Waals surface area contributed by atoms with Crippen LogP contribution in [0, 0.1) is 5.92 Å². The van der Waals surface area contributed by atoms with Gasteiger partial charge in [0.25, 0.3) is 0 Å². The Bertz CT molecular complexity index is 400. The first-order valence-electron chi connectivity index (χ1n) is 5.12. The largest absolute Gasteiger partial charge is 0.382 e. The predicted molar refractivity (Wildman–Crippen MR) is 55.5 cm³/mol. The van der Waals surface area contributed by atoms with Crippen LogP contribution in [0.15, 0.2) is 12.4 Å². The van der Waals surface area contributed by atoms with Crippen LogP contribution in [-0.2, 0) is 5.60 Å². The number of nitrogens with zero attached hydrogens (tertiary/aromatic N) is 3. The fourth-order valence-electron chi connectivity index (χ4n) is 2.72. The molecule has 4 nitrogen and oxygen atoms in total. The summed E-state index contributed by atoms with van der Waals surface area (Å²) in [4.78, 5) is 10.4. The summed E-state index contributed by atoms with van der Waals surface area (Å²) in [5, 5.41) is 10.9. The van der Waals surface area contributed by atoms with E-state index in [-0.39, 0.29) is 5.92 Å². The van der Waals surface area contributed by atoms with Crippen molar-refractivity contribution < 1.29 is 5.11 Å². The normalized spacial score (nSPS) is 38.5. The van der Waals surface area contributed by atoms with E-state index in [1.165, 1.54) is 0 Å². The van der Waals surface area contributed by atoms with Crippen LogP contribution in [0.1, 0.15) is 12.1 Å². The second-order valence-corrected chi connectivity index (χ2v) is 4.70. The topological polar surface area (TPSA) is 49.3 Å². The van der Waals surface area contributed by atoms with Crippen LogP contribution in [-0.4, -0.2) is 39.6 Å². The first kappa shape index (κ1) is 9.51. The molecule has 0 aromatic carbocycles. The Balaban J connectivity index is 2.04. The molecular weight excluding hydrogens is 214 g/mol. The van der Waals surface area contributed by atoms with Crippen LogP contribution in [0.4, 0.5) is 0 Å². The van der Waals surface area contributed by atoms with E-state index in [1.54, 1.807) is 12.4 Å². The van der Waals surface area contributed by atoms with Gasteiger partial charge in [0.2, 0.25) is 0 Å². The number of fused-ring (bicyclic) bond motifs is 2. The van der Waals surface area contributed by atoms with Gasteiger partial charge in [0.15, 0.2) is 5.15 Å². The van der Waals surface area contributed by atoms with Crippen LogP contribution in [0.3, 0.4) is 0 Å². The lowest BCUT2D eigenvalue weighted by molar-refractivity contribution is -0.0140. The molecule has 0 spiro atoms. The van der Waals surface area contributed by atoms with Gasteiger partial charge in [0.05, 0.1) is 0 Å². The summed E-state index contributed by atoms with van der Waals surface area (Å²) in [6, 6.07) is 0. The Labute approximate surface area is 92.9 Å². The minimum atomic E-state index is -0.885. The van der Waals surface area contributed by atoms with Crippen molar-refractivity contribution in [3.05, 3.63) is 23.2 Å². The summed E-state index contributed by atoms with van der Waals surface area (Å²) in [6.07, 6.45) is 4.15. The van der Waals surface area contributed by atoms with E-state index in [0.29, 0.717) is 17.4 Å². The predicted octanol–water partition coefficient (Wildman–Crippen LogP) is 0.653. The third-order valence-corrected chi connectivity index (χ3v) is 3.75. The Morgan fingerprint density at radius 2 is 2.27 bits per heavy atom. The lowest BCUT2D eigenvalue weighted by Gasteiger charge is -2.31. The maximum Gasteiger partial charge on any atom is 0.153 e. The van der Waals surface area contributed by atoms with Gasteiger partial charge in [0.1, 0.15) is 11.3 Å². The molecule has 3 unspecified atom stereocenters. The number of hydrogen-bond donors (Lipinski definition) is 1. The third-order valence-electron chi connectivity index (χ3n) is 3.48. The summed E-state index contributed by atoms with van der Waals surface area (Å²) < 4.78 is 0. The van der Waals surface area contributed by atoms with E-state index in [0.717, 1.165) is 19.5 Å². The molecule has 1 aromatic rings. The summed E-state index contributed by atoms with van der Waals surface area (Å²) in [6.45, 7) is 2.66. The van der Waals surface area contributed by atoms with E-state index in [1.807, 2.05) is 0 Å². The number of aliphatic hydroxyl groups is 1. The molecule has 2 bridgehead atoms. The van der Waals surface area contributed by atoms with Crippen molar-refractivity contribution in [3.63, 3.8) is 0 Å². The van der Waals surface area contributed by atoms with E-state index in [4.69, 9.17) is 11.6 Å². The number of rotatable bonds is 1. The van der Waals surface area contributed by atoms with Gasteiger partial charge in [-0.2, -0.15) is 0 Å². The van der Waals surface area contributed by atoms with Crippen molar-refractivity contribution in [1.29, 1.82) is 0 Å². The average molecular weight is 226 g/mol. The second-order valence-electron chi connectivity index (χ2n) is 4.34. The Morgan fingerprint density at radius 1 is 1.47 bits per heavy atom. The van der Waals surface area contributed by atoms with Crippen LogP contribution in [0.5, 0.6) is 0 Å². The van der Waals surface area contributed by atoms with E-state index in [2.05, 4.69) is 14.9 Å². The third kappa shape index (κ3) is 1.29. The molecule has 1 aromatic heterocycles. The van der Waals surface area contributed by atoms with Gasteiger partial charge in [-0.1, -0.05) is 11.6 Å². The molecule has 2 saturated heterocycles. The minimum Gasteiger partial charge on any atom is -0.382 e. The van der Waals surface area contributed by atoms with Gasteiger partial charge < -0.3 is 5.11 Å². The van der Waals surface area contributed by atoms with Crippen LogP contribution >= 0.6 is 11.6 Å². The molecule has 0 saturated carbocycles. The summed E-state index contributed by atoms with van der Waals surface area (Å²) in [5.41, 5.74) is -0.345. The van der Waals surface area contributed by atoms with Crippen molar-refractivity contribution in [2.24, 2.45) is 5.92 Å². The van der Waals surface area contributed by atoms with Crippen LogP contribution < -0.4 is 0 Å². The van der Waals surface area contributed by atoms with Crippen LogP contribution in [0.2, 0.25) is 5.15 Å². The SMILES string of the molecule is OC1(c2nccnc2Cl)CN2CCC1C2. The quantitative estimate of drug-likeness (QED) is 0.763. The van der Waals surface area contributed by atoms with Crippen LogP contribution in [0.25, 0.3) is 0 Å². The maximum absolute atomic E-state index is 10.6. The smallest absolute Gasteiger partial charge is 0.153 e. The zero-order valence-corrected chi connectivity index (χ0v) is 8.98. The highest BCUT2D eigenvalue weighted by Gasteiger charge is 2.52. The molecule has 1 N–H and O–H groups in total. The van der Waals surface area contributed by atoms with E-state index in [9.17, 15) is 5.11 Å². The molecular formula is C10H12ClN3O. The van der Waals surface area contributed by atoms with Gasteiger partial charge in [-0.15, -0.1) is 0 Å². The standard InChI is InChI=1S/C10H12ClN3O/c11-9-8(12-2-3-13-9)10(15)6-14-4-1-7(10)5-14/h2-3,7,15H,1,4-6H2. The first-order valence-corrected chi connectivity index (χ1v) is 5.49. The fraction of sp³-hybridized carbons (Fsp3) is 0.600. The van der Waals surface area contributed by atoms with Crippen molar-refractivity contribution in [2.75, 3.05) is 19.6 Å². The van der Waals surface area contributed by atoms with E-state index >= 15 is 0 Å². The number of piperidine rings is 1. The van der Waals surface area contributed by atoms with Crippen molar-refractivity contribution in [1.82, 2.24) is 14.9 Å². The van der Waals surface area contributed by atoms with Gasteiger partial charge in [0, 0.05) is 31.4 Å². The van der Waals surface area contributed by atoms with Gasteiger partial charge >= 0.3 is 0 Å². The average Bonchev–Trinajstić information content (AvgIpc) is 2.78. The molecule has 3 heterocycles. The molecule has 15 heavy (non-hydrogen) atoms. The van der Waals surface area contributed by atoms with Gasteiger partial charge in [-0.3, -0.25) is 9.88 Å². The monoisotopic (exact) mass is 225 g/mol. The number of aromatic nitrogens is 2. The lowest BCUT2D eigenvalue weighted by atomic mass is 9.85. The summed E-state index contributed by atoms with van der Waals surface area (Å²) in [7, 11) is 0. The summed E-state index contributed by atoms with van der Waals surface area (Å²) in [5.74, 6) is 0.256. The summed E-state index contributed by atoms with van der Waals surface area (Å²) >= 11 is 5.98. The number of halogens is 1. The highest BCUT2D eigenvalue weighted by Crippen LogP contribution is 2.43. The second kappa shape index (κ2) is 3.14. The van der Waals surface area contributed by atoms with E-state index < -0.39 is 5.60 Å². The fourth-order valence-corrected chi connectivity index (χ4v) is 2.98. The Kier molecular flexibility index (Phi) is 1.99. The molecule has 0 radical (unpaired) electrons. The Morgan fingerprint density at radius 3 is 2.87 bits per heavy atom. The molecule has 80 valence electrons. The molecule has 2 aliphatic heterocycles. The highest BCUT2D eigenvalue weighted by atomic mass is 35.5. The lowest BCUT2D eigenvalue weighted by Crippen LogP contribution is -2.40. The molecule has 2 aliphatic rings. The molecule has 3 atom stereocenters. The van der Waals surface area contributed by atoms with Gasteiger partial charge in [-0.25, -0.2) is 4.98 Å². The zero-order chi connectivity index (χ0) is 10.5. The molecule has 0 amide bonds. The van der Waals surface area contributed by atoms with Crippen molar-refractivity contribution >= 4 is 11.6 Å². The highest BCUT2D eigenvalue weighted by molar-refractivity contribution is 6.30. The van der Waals surface area contributed by atoms with Gasteiger partial charge in [-0.05, 0) is 13.0 Å². The molecule has 3 rings (SSSR count). The Hall–Kier alpha value is -0.710. The first-order chi connectivity index (χ1) is 7.20. The maximum atomic E-state index is 10.6.